The lowest BCUT2D eigenvalue weighted by Gasteiger charge is -2.20. The molecule has 0 saturated carbocycles. The van der Waals surface area contributed by atoms with E-state index in [1.54, 1.807) is 18.2 Å². The molecule has 0 spiro atoms. The molecule has 0 aliphatic carbocycles. The summed E-state index contributed by atoms with van der Waals surface area (Å²) in [4.78, 5) is 1.96. The van der Waals surface area contributed by atoms with Crippen molar-refractivity contribution in [2.45, 2.75) is 6.54 Å². The Morgan fingerprint density at radius 2 is 1.84 bits per heavy atom. The number of benzene rings is 2. The molecule has 19 heavy (non-hydrogen) atoms. The van der Waals surface area contributed by atoms with E-state index in [0.717, 1.165) is 5.69 Å². The molecule has 0 aliphatic rings. The van der Waals surface area contributed by atoms with Gasteiger partial charge in [-0.3, -0.25) is 0 Å². The van der Waals surface area contributed by atoms with E-state index in [0.29, 0.717) is 17.8 Å². The van der Waals surface area contributed by atoms with Gasteiger partial charge < -0.3 is 15.4 Å². The Bertz CT molecular complexity index is 555. The van der Waals surface area contributed by atoms with Gasteiger partial charge in [-0.25, -0.2) is 4.39 Å². The summed E-state index contributed by atoms with van der Waals surface area (Å²) in [5.74, 6) is -0.0458. The molecule has 0 heterocycles. The zero-order chi connectivity index (χ0) is 13.8. The molecule has 2 aromatic carbocycles. The third-order valence-electron chi connectivity index (χ3n) is 3.00. The van der Waals surface area contributed by atoms with Gasteiger partial charge in [0, 0.05) is 30.5 Å². The second-order valence-electron chi connectivity index (χ2n) is 4.38. The molecule has 0 radical (unpaired) electrons. The summed E-state index contributed by atoms with van der Waals surface area (Å²) in [6, 6.07) is 12.6. The van der Waals surface area contributed by atoms with Crippen molar-refractivity contribution in [3.05, 3.63) is 53.8 Å². The molecule has 2 aromatic rings. The van der Waals surface area contributed by atoms with Gasteiger partial charge in [0.15, 0.2) is 11.6 Å². The minimum absolute atomic E-state index is 0.267. The van der Waals surface area contributed by atoms with Gasteiger partial charge in [-0.05, 0) is 30.3 Å². The lowest BCUT2D eigenvalue weighted by Crippen LogP contribution is -2.17. The minimum Gasteiger partial charge on any atom is -0.494 e. The van der Waals surface area contributed by atoms with Crippen molar-refractivity contribution in [2.24, 2.45) is 0 Å². The van der Waals surface area contributed by atoms with E-state index in [4.69, 9.17) is 10.5 Å². The van der Waals surface area contributed by atoms with Crippen LogP contribution in [0.4, 0.5) is 15.8 Å². The predicted molar refractivity (Wildman–Crippen MR) is 75.9 cm³/mol. The van der Waals surface area contributed by atoms with Gasteiger partial charge in [-0.2, -0.15) is 0 Å². The van der Waals surface area contributed by atoms with Crippen molar-refractivity contribution in [1.82, 2.24) is 0 Å². The number of nitrogens with two attached hydrogens (primary N) is 1. The van der Waals surface area contributed by atoms with Crippen LogP contribution in [0.15, 0.2) is 42.5 Å². The van der Waals surface area contributed by atoms with Crippen LogP contribution in [0.5, 0.6) is 5.75 Å². The Labute approximate surface area is 112 Å². The molecular formula is C15H17FN2O. The number of hydrogen-bond acceptors (Lipinski definition) is 3. The summed E-state index contributed by atoms with van der Waals surface area (Å²) in [5, 5.41) is 0. The number of hydrogen-bond donors (Lipinski definition) is 1. The predicted octanol–water partition coefficient (Wildman–Crippen LogP) is 3.05. The monoisotopic (exact) mass is 260 g/mol. The van der Waals surface area contributed by atoms with E-state index in [1.165, 1.54) is 7.11 Å². The van der Waals surface area contributed by atoms with E-state index < -0.39 is 0 Å². The lowest BCUT2D eigenvalue weighted by molar-refractivity contribution is 0.384. The zero-order valence-corrected chi connectivity index (χ0v) is 11.1. The van der Waals surface area contributed by atoms with Crippen LogP contribution in [0.25, 0.3) is 0 Å². The molecule has 0 bridgehead atoms. The Hall–Kier alpha value is -2.23. The van der Waals surface area contributed by atoms with Gasteiger partial charge in [0.1, 0.15) is 0 Å². The first-order valence-corrected chi connectivity index (χ1v) is 6.00. The minimum atomic E-state index is -0.313. The quantitative estimate of drug-likeness (QED) is 0.859. The third kappa shape index (κ3) is 2.96. The highest BCUT2D eigenvalue weighted by Crippen LogP contribution is 2.23. The molecule has 3 nitrogen and oxygen atoms in total. The SMILES string of the molecule is COc1cccc(CN(C)c2ccc(N)cc2)c1F. The van der Waals surface area contributed by atoms with Crippen LogP contribution in [0.3, 0.4) is 0 Å². The molecule has 4 heteroatoms. The van der Waals surface area contributed by atoms with Crippen LogP contribution >= 0.6 is 0 Å². The van der Waals surface area contributed by atoms with E-state index in [1.807, 2.05) is 36.2 Å². The van der Waals surface area contributed by atoms with Crippen molar-refractivity contribution in [3.63, 3.8) is 0 Å². The highest BCUT2D eigenvalue weighted by molar-refractivity contribution is 5.53. The fourth-order valence-corrected chi connectivity index (χ4v) is 1.91. The van der Waals surface area contributed by atoms with Crippen molar-refractivity contribution < 1.29 is 9.13 Å². The summed E-state index contributed by atoms with van der Waals surface area (Å²) >= 11 is 0. The van der Waals surface area contributed by atoms with Crippen molar-refractivity contribution in [2.75, 3.05) is 24.8 Å². The zero-order valence-electron chi connectivity index (χ0n) is 11.1. The number of halogens is 1. The van der Waals surface area contributed by atoms with Gasteiger partial charge in [0.25, 0.3) is 0 Å². The summed E-state index contributed by atoms with van der Waals surface area (Å²) in [5.41, 5.74) is 7.94. The van der Waals surface area contributed by atoms with Crippen LogP contribution in [0, 0.1) is 5.82 Å². The maximum absolute atomic E-state index is 14.0. The second kappa shape index (κ2) is 5.61. The highest BCUT2D eigenvalue weighted by Gasteiger charge is 2.10. The van der Waals surface area contributed by atoms with E-state index in [2.05, 4.69) is 0 Å². The van der Waals surface area contributed by atoms with Crippen LogP contribution in [-0.2, 0) is 6.54 Å². The van der Waals surface area contributed by atoms with Crippen LogP contribution in [0.2, 0.25) is 0 Å². The van der Waals surface area contributed by atoms with Gasteiger partial charge in [-0.15, -0.1) is 0 Å². The van der Waals surface area contributed by atoms with Gasteiger partial charge >= 0.3 is 0 Å². The first-order chi connectivity index (χ1) is 9.11. The number of ether oxygens (including phenoxy) is 1. The van der Waals surface area contributed by atoms with E-state index >= 15 is 0 Å². The Balaban J connectivity index is 2.19. The first kappa shape index (κ1) is 13.2. The molecule has 0 fully saturated rings. The highest BCUT2D eigenvalue weighted by atomic mass is 19.1. The number of nitrogens with zero attached hydrogens (tertiary/aromatic N) is 1. The van der Waals surface area contributed by atoms with Gasteiger partial charge in [0.05, 0.1) is 7.11 Å². The molecule has 0 unspecified atom stereocenters. The number of rotatable bonds is 4. The average Bonchev–Trinajstić information content (AvgIpc) is 2.42. The molecule has 0 atom stereocenters. The van der Waals surface area contributed by atoms with E-state index in [-0.39, 0.29) is 11.6 Å². The fourth-order valence-electron chi connectivity index (χ4n) is 1.91. The van der Waals surface area contributed by atoms with Gasteiger partial charge in [0.2, 0.25) is 0 Å². The van der Waals surface area contributed by atoms with Gasteiger partial charge in [-0.1, -0.05) is 12.1 Å². The molecule has 0 aliphatic heterocycles. The average molecular weight is 260 g/mol. The van der Waals surface area contributed by atoms with Crippen LogP contribution in [0.1, 0.15) is 5.56 Å². The summed E-state index contributed by atoms with van der Waals surface area (Å²) < 4.78 is 19.0. The molecule has 2 rings (SSSR count). The standard InChI is InChI=1S/C15H17FN2O/c1-18(13-8-6-12(17)7-9-13)10-11-4-3-5-14(19-2)15(11)16/h3-9H,10,17H2,1-2H3. The van der Waals surface area contributed by atoms with Crippen molar-refractivity contribution >= 4 is 11.4 Å². The Morgan fingerprint density at radius 3 is 2.47 bits per heavy atom. The first-order valence-electron chi connectivity index (χ1n) is 6.00. The molecule has 100 valence electrons. The second-order valence-corrected chi connectivity index (χ2v) is 4.38. The molecule has 2 N–H and O–H groups in total. The molecule has 0 amide bonds. The Morgan fingerprint density at radius 1 is 1.16 bits per heavy atom. The maximum atomic E-state index is 14.0. The number of anilines is 2. The molecule has 0 aromatic heterocycles. The number of methoxy groups -OCH3 is 1. The smallest absolute Gasteiger partial charge is 0.170 e. The molecular weight excluding hydrogens is 243 g/mol. The molecule has 0 saturated heterocycles. The normalized spacial score (nSPS) is 10.3. The number of nitrogen functional groups attached to an aromatic ring is 1. The third-order valence-corrected chi connectivity index (χ3v) is 3.00. The van der Waals surface area contributed by atoms with E-state index in [9.17, 15) is 4.39 Å². The largest absolute Gasteiger partial charge is 0.494 e. The topological polar surface area (TPSA) is 38.5 Å². The summed E-state index contributed by atoms with van der Waals surface area (Å²) in [6.07, 6.45) is 0. The maximum Gasteiger partial charge on any atom is 0.170 e. The van der Waals surface area contributed by atoms with Crippen LogP contribution < -0.4 is 15.4 Å². The fraction of sp³-hybridized carbons (Fsp3) is 0.200. The van der Waals surface area contributed by atoms with Crippen LogP contribution in [-0.4, -0.2) is 14.2 Å². The summed E-state index contributed by atoms with van der Waals surface area (Å²) in [7, 11) is 3.37. The lowest BCUT2D eigenvalue weighted by atomic mass is 10.1. The Kier molecular flexibility index (Phi) is 3.90. The van der Waals surface area contributed by atoms with Crippen molar-refractivity contribution in [3.8, 4) is 5.75 Å². The summed E-state index contributed by atoms with van der Waals surface area (Å²) in [6.45, 7) is 0.465. The van der Waals surface area contributed by atoms with Crippen molar-refractivity contribution in [1.29, 1.82) is 0 Å².